The molecule has 6 nitrogen and oxygen atoms in total. The van der Waals surface area contributed by atoms with Crippen molar-refractivity contribution in [1.29, 1.82) is 0 Å². The molecule has 0 saturated carbocycles. The number of amides is 1. The first-order valence-corrected chi connectivity index (χ1v) is 9.90. The average molecular weight is 432 g/mol. The molecule has 0 spiro atoms. The number of para-hydroxylation sites is 2. The Morgan fingerprint density at radius 3 is 2.13 bits per heavy atom. The summed E-state index contributed by atoms with van der Waals surface area (Å²) >= 11 is 6.16. The number of nitrogens with one attached hydrogen (secondary N) is 2. The highest BCUT2D eigenvalue weighted by Crippen LogP contribution is 2.27. The second-order valence-corrected chi connectivity index (χ2v) is 7.36. The molecule has 0 bridgehead atoms. The zero-order valence-electron chi connectivity index (χ0n) is 16.3. The molecule has 0 aromatic heterocycles. The Bertz CT molecular complexity index is 1230. The molecule has 3 aromatic carbocycles. The summed E-state index contributed by atoms with van der Waals surface area (Å²) in [5.41, 5.74) is 8.85. The number of nitrogen functional groups attached to an aromatic ring is 1. The molecule has 0 fully saturated rings. The van der Waals surface area contributed by atoms with Crippen molar-refractivity contribution in [2.45, 2.75) is 6.54 Å². The van der Waals surface area contributed by atoms with E-state index in [0.29, 0.717) is 28.1 Å². The van der Waals surface area contributed by atoms with Crippen LogP contribution < -0.4 is 16.4 Å². The molecule has 4 rings (SSSR count). The summed E-state index contributed by atoms with van der Waals surface area (Å²) in [6.07, 6.45) is 0. The van der Waals surface area contributed by atoms with Gasteiger partial charge < -0.3 is 16.4 Å². The zero-order chi connectivity index (χ0) is 22.0. The monoisotopic (exact) mass is 431 g/mol. The van der Waals surface area contributed by atoms with Gasteiger partial charge in [0.1, 0.15) is 10.7 Å². The topological polar surface area (TPSA) is 101 Å². The van der Waals surface area contributed by atoms with Gasteiger partial charge >= 0.3 is 0 Å². The van der Waals surface area contributed by atoms with Gasteiger partial charge in [-0.1, -0.05) is 60.1 Å². The van der Waals surface area contributed by atoms with Crippen molar-refractivity contribution in [3.8, 4) is 0 Å². The Morgan fingerprint density at radius 2 is 1.45 bits per heavy atom. The van der Waals surface area contributed by atoms with E-state index < -0.39 is 0 Å². The fourth-order valence-electron chi connectivity index (χ4n) is 3.27. The van der Waals surface area contributed by atoms with Crippen LogP contribution in [0.15, 0.2) is 83.5 Å². The largest absolute Gasteiger partial charge is 0.397 e. The van der Waals surface area contributed by atoms with Gasteiger partial charge in [-0.3, -0.25) is 14.4 Å². The van der Waals surface area contributed by atoms with Crippen molar-refractivity contribution in [3.05, 3.63) is 106 Å². The molecule has 4 N–H and O–H groups in total. The number of allylic oxidation sites excluding steroid dienone is 2. The molecule has 7 heteroatoms. The number of benzene rings is 3. The SMILES string of the molecule is Nc1ccccc1NC(=O)c1ccc(CNC2=C(Cl)C(=O)c3ccccc3C2=O)cc1. The Labute approximate surface area is 183 Å². The molecule has 154 valence electrons. The van der Waals surface area contributed by atoms with E-state index in [1.54, 1.807) is 72.8 Å². The quantitative estimate of drug-likeness (QED) is 0.527. The van der Waals surface area contributed by atoms with Crippen molar-refractivity contribution in [2.75, 3.05) is 11.1 Å². The molecule has 1 aliphatic carbocycles. The average Bonchev–Trinajstić information content (AvgIpc) is 2.79. The Balaban J connectivity index is 1.45. The van der Waals surface area contributed by atoms with Crippen molar-refractivity contribution < 1.29 is 14.4 Å². The summed E-state index contributed by atoms with van der Waals surface area (Å²) in [7, 11) is 0. The third-order valence-electron chi connectivity index (χ3n) is 4.96. The van der Waals surface area contributed by atoms with E-state index in [2.05, 4.69) is 10.6 Å². The molecule has 0 saturated heterocycles. The van der Waals surface area contributed by atoms with Gasteiger partial charge in [0, 0.05) is 23.2 Å². The molecule has 31 heavy (non-hydrogen) atoms. The number of rotatable bonds is 5. The fourth-order valence-corrected chi connectivity index (χ4v) is 3.53. The lowest BCUT2D eigenvalue weighted by atomic mass is 9.92. The Kier molecular flexibility index (Phi) is 5.56. The molecular formula is C24H18ClN3O3. The van der Waals surface area contributed by atoms with Gasteiger partial charge in [0.15, 0.2) is 0 Å². The van der Waals surface area contributed by atoms with Crippen LogP contribution in [-0.4, -0.2) is 17.5 Å². The molecule has 0 atom stereocenters. The number of fused-ring (bicyclic) bond motifs is 1. The van der Waals surface area contributed by atoms with Crippen LogP contribution in [0.1, 0.15) is 36.6 Å². The summed E-state index contributed by atoms with van der Waals surface area (Å²) in [6, 6.07) is 20.5. The van der Waals surface area contributed by atoms with Gasteiger partial charge in [0.25, 0.3) is 5.91 Å². The van der Waals surface area contributed by atoms with E-state index in [1.807, 2.05) is 0 Å². The van der Waals surface area contributed by atoms with Crippen LogP contribution in [0.25, 0.3) is 0 Å². The van der Waals surface area contributed by atoms with Crippen LogP contribution in [0.2, 0.25) is 0 Å². The predicted molar refractivity (Wildman–Crippen MR) is 120 cm³/mol. The molecular weight excluding hydrogens is 414 g/mol. The summed E-state index contributed by atoms with van der Waals surface area (Å²) in [5, 5.41) is 5.61. The van der Waals surface area contributed by atoms with Gasteiger partial charge in [-0.05, 0) is 29.8 Å². The van der Waals surface area contributed by atoms with Crippen LogP contribution in [0.4, 0.5) is 11.4 Å². The third-order valence-corrected chi connectivity index (χ3v) is 5.32. The third kappa shape index (κ3) is 4.06. The van der Waals surface area contributed by atoms with E-state index in [-0.39, 0.29) is 34.7 Å². The van der Waals surface area contributed by atoms with E-state index >= 15 is 0 Å². The number of hydrogen-bond acceptors (Lipinski definition) is 5. The van der Waals surface area contributed by atoms with Crippen LogP contribution in [0.5, 0.6) is 0 Å². The van der Waals surface area contributed by atoms with Crippen LogP contribution in [0, 0.1) is 0 Å². The molecule has 1 amide bonds. The molecule has 0 radical (unpaired) electrons. The Morgan fingerprint density at radius 1 is 0.839 bits per heavy atom. The molecule has 1 aliphatic rings. The molecule has 0 aliphatic heterocycles. The number of ketones is 2. The smallest absolute Gasteiger partial charge is 0.255 e. The lowest BCUT2D eigenvalue weighted by Crippen LogP contribution is -2.28. The maximum atomic E-state index is 12.7. The predicted octanol–water partition coefficient (Wildman–Crippen LogP) is 4.14. The van der Waals surface area contributed by atoms with Gasteiger partial charge in [0.2, 0.25) is 11.6 Å². The van der Waals surface area contributed by atoms with Gasteiger partial charge in [-0.25, -0.2) is 0 Å². The zero-order valence-corrected chi connectivity index (χ0v) is 17.1. The highest BCUT2D eigenvalue weighted by Gasteiger charge is 2.30. The minimum atomic E-state index is -0.383. The first kappa shape index (κ1) is 20.4. The number of Topliss-reactive ketones (excluding diaryl/α,β-unsaturated/α-hetero) is 2. The fraction of sp³-hybridized carbons (Fsp3) is 0.0417. The maximum absolute atomic E-state index is 12.7. The first-order chi connectivity index (χ1) is 15.0. The Hall–Kier alpha value is -3.90. The number of carbonyl (C=O) groups is 3. The van der Waals surface area contributed by atoms with E-state index in [1.165, 1.54) is 0 Å². The van der Waals surface area contributed by atoms with E-state index in [4.69, 9.17) is 17.3 Å². The van der Waals surface area contributed by atoms with Crippen LogP contribution >= 0.6 is 11.6 Å². The number of nitrogens with two attached hydrogens (primary N) is 1. The molecule has 0 heterocycles. The summed E-state index contributed by atoms with van der Waals surface area (Å²) in [5.74, 6) is -0.990. The van der Waals surface area contributed by atoms with E-state index in [0.717, 1.165) is 5.56 Å². The lowest BCUT2D eigenvalue weighted by Gasteiger charge is -2.19. The second-order valence-electron chi connectivity index (χ2n) is 6.98. The van der Waals surface area contributed by atoms with Crippen molar-refractivity contribution in [1.82, 2.24) is 5.32 Å². The number of halogens is 1. The van der Waals surface area contributed by atoms with Gasteiger partial charge in [-0.2, -0.15) is 0 Å². The van der Waals surface area contributed by atoms with Crippen LogP contribution in [0.3, 0.4) is 0 Å². The molecule has 0 unspecified atom stereocenters. The molecule has 3 aromatic rings. The minimum Gasteiger partial charge on any atom is -0.397 e. The lowest BCUT2D eigenvalue weighted by molar-refractivity contribution is 0.0974. The van der Waals surface area contributed by atoms with Gasteiger partial charge in [0.05, 0.1) is 11.4 Å². The summed E-state index contributed by atoms with van der Waals surface area (Å²) in [6.45, 7) is 0.264. The van der Waals surface area contributed by atoms with Gasteiger partial charge in [-0.15, -0.1) is 0 Å². The normalized spacial score (nSPS) is 13.1. The minimum absolute atomic E-state index is 0.0757. The summed E-state index contributed by atoms with van der Waals surface area (Å²) < 4.78 is 0. The maximum Gasteiger partial charge on any atom is 0.255 e. The first-order valence-electron chi connectivity index (χ1n) is 9.52. The van der Waals surface area contributed by atoms with Crippen LogP contribution in [-0.2, 0) is 6.54 Å². The van der Waals surface area contributed by atoms with Crippen molar-refractivity contribution in [3.63, 3.8) is 0 Å². The van der Waals surface area contributed by atoms with Crippen molar-refractivity contribution >= 4 is 40.4 Å². The number of anilines is 2. The second kappa shape index (κ2) is 8.45. The standard InChI is InChI=1S/C24H18ClN3O3/c25-20-21(23(30)17-6-2-1-5-16(17)22(20)29)27-13-14-9-11-15(12-10-14)24(31)28-19-8-4-3-7-18(19)26/h1-12,27H,13,26H2,(H,28,31). The van der Waals surface area contributed by atoms with Crippen molar-refractivity contribution in [2.24, 2.45) is 0 Å². The number of carbonyl (C=O) groups excluding carboxylic acids is 3. The van der Waals surface area contributed by atoms with E-state index in [9.17, 15) is 14.4 Å². The highest BCUT2D eigenvalue weighted by atomic mass is 35.5. The number of hydrogen-bond donors (Lipinski definition) is 3. The highest BCUT2D eigenvalue weighted by molar-refractivity contribution is 6.49. The summed E-state index contributed by atoms with van der Waals surface area (Å²) in [4.78, 5) is 37.6.